The molecule has 0 aromatic heterocycles. The van der Waals surface area contributed by atoms with Gasteiger partial charge in [0.15, 0.2) is 0 Å². The number of hydrogen-bond acceptors (Lipinski definition) is 6. The second-order valence-electron chi connectivity index (χ2n) is 7.73. The van der Waals surface area contributed by atoms with E-state index >= 15 is 0 Å². The molecule has 4 rings (SSSR count). The molecule has 6 nitrogen and oxygen atoms in total. The minimum atomic E-state index is -0.978. The molecule has 0 spiro atoms. The number of rotatable bonds is 9. The predicted molar refractivity (Wildman–Crippen MR) is 117 cm³/mol. The predicted octanol–water partition coefficient (Wildman–Crippen LogP) is 0.442. The maximum absolute atomic E-state index is 10.9. The molecule has 1 N–H and O–H groups in total. The summed E-state index contributed by atoms with van der Waals surface area (Å²) in [4.78, 5) is 10.9. The first-order valence-electron chi connectivity index (χ1n) is 10.3. The largest absolute Gasteiger partial charge is 1.00 e. The number of carbonyl (C=O) groups excluding carboxylic acids is 1. The molecule has 0 amide bonds. The summed E-state index contributed by atoms with van der Waals surface area (Å²) in [7, 11) is 0. The number of hydrogen-bond donors (Lipinski definition) is 1. The van der Waals surface area contributed by atoms with Crippen LogP contribution in [0.5, 0.6) is 11.5 Å². The average Bonchev–Trinajstić information content (AvgIpc) is 3.64. The van der Waals surface area contributed by atoms with Crippen LogP contribution in [0, 0.1) is 22.7 Å². The van der Waals surface area contributed by atoms with E-state index in [1.54, 1.807) is 24.3 Å². The van der Waals surface area contributed by atoms with Crippen LogP contribution in [-0.4, -0.2) is 18.3 Å². The van der Waals surface area contributed by atoms with Gasteiger partial charge in [-0.3, -0.25) is 0 Å². The molecule has 160 valence electrons. The van der Waals surface area contributed by atoms with Crippen molar-refractivity contribution >= 4 is 11.7 Å². The van der Waals surface area contributed by atoms with E-state index < -0.39 is 5.97 Å². The zero-order valence-electron chi connectivity index (χ0n) is 18.3. The molecule has 2 atom stereocenters. The summed E-state index contributed by atoms with van der Waals surface area (Å²) in [5.74, 6) is 0.0863. The van der Waals surface area contributed by atoms with E-state index in [4.69, 9.17) is 20.1 Å². The van der Waals surface area contributed by atoms with E-state index in [9.17, 15) is 9.90 Å². The van der Waals surface area contributed by atoms with Gasteiger partial charge in [0, 0.05) is 11.9 Å². The van der Waals surface area contributed by atoms with Crippen LogP contribution < -0.4 is 44.1 Å². The minimum Gasteiger partial charge on any atom is -0.550 e. The Kier molecular flexibility index (Phi) is 8.29. The van der Waals surface area contributed by atoms with Gasteiger partial charge in [-0.2, -0.15) is 5.26 Å². The maximum Gasteiger partial charge on any atom is 1.00 e. The molecule has 1 aliphatic carbocycles. The zero-order chi connectivity index (χ0) is 22.5. The number of benzene rings is 3. The third-order valence-electron chi connectivity index (χ3n) is 5.48. The van der Waals surface area contributed by atoms with Crippen LogP contribution in [0.1, 0.15) is 34.6 Å². The second kappa shape index (κ2) is 11.2. The molecule has 1 saturated carbocycles. The standard InChI is InChI=1S/C26H22N2O4.Na/c27-14-17-1-5-20(6-2-17)25(28)16-32-21-9-3-18(4-10-21)15-31-22-11-7-19(8-12-22)23-13-24(23)26(29)30;/h1-12,23-24,28H,13,15-16H2,(H,29,30);/q;+1/p-1. The van der Waals surface area contributed by atoms with Crippen molar-refractivity contribution in [1.82, 2.24) is 0 Å². The van der Waals surface area contributed by atoms with Crippen molar-refractivity contribution in [1.29, 1.82) is 10.7 Å². The van der Waals surface area contributed by atoms with Crippen molar-refractivity contribution in [2.24, 2.45) is 5.92 Å². The van der Waals surface area contributed by atoms with Crippen molar-refractivity contribution in [3.05, 3.63) is 95.1 Å². The molecule has 0 saturated heterocycles. The van der Waals surface area contributed by atoms with Gasteiger partial charge in [-0.25, -0.2) is 0 Å². The SMILES string of the molecule is N#Cc1ccc(C(=N)COc2ccc(COc3ccc(C4CC4C(=O)[O-])cc3)cc2)cc1.[Na+]. The van der Waals surface area contributed by atoms with Crippen LogP contribution in [0.15, 0.2) is 72.8 Å². The second-order valence-corrected chi connectivity index (χ2v) is 7.73. The number of carbonyl (C=O) groups is 1. The Bertz CT molecular complexity index is 1150. The molecular weight excluding hydrogens is 427 g/mol. The van der Waals surface area contributed by atoms with Gasteiger partial charge in [0.25, 0.3) is 0 Å². The number of nitrogens with zero attached hydrogens (tertiary/aromatic N) is 1. The van der Waals surface area contributed by atoms with Crippen LogP contribution in [0.4, 0.5) is 0 Å². The zero-order valence-corrected chi connectivity index (χ0v) is 20.3. The Morgan fingerprint density at radius 3 is 2.15 bits per heavy atom. The first-order chi connectivity index (χ1) is 15.5. The molecule has 0 aliphatic heterocycles. The van der Waals surface area contributed by atoms with Crippen molar-refractivity contribution in [3.63, 3.8) is 0 Å². The molecule has 3 aromatic rings. The first-order valence-corrected chi connectivity index (χ1v) is 10.3. The molecule has 0 bridgehead atoms. The fourth-order valence-electron chi connectivity index (χ4n) is 3.47. The fraction of sp³-hybridized carbons (Fsp3) is 0.192. The summed E-state index contributed by atoms with van der Waals surface area (Å²) in [5, 5.41) is 27.9. The molecular formula is C26H21N2NaO4. The molecule has 0 heterocycles. The van der Waals surface area contributed by atoms with E-state index in [-0.39, 0.29) is 48.0 Å². The summed E-state index contributed by atoms with van der Waals surface area (Å²) < 4.78 is 11.5. The third kappa shape index (κ3) is 6.45. The summed E-state index contributed by atoms with van der Waals surface area (Å²) in [5.41, 5.74) is 3.59. The number of nitrogens with one attached hydrogen (secondary N) is 1. The van der Waals surface area contributed by atoms with E-state index in [2.05, 4.69) is 6.07 Å². The number of carboxylic acids is 1. The van der Waals surface area contributed by atoms with Gasteiger partial charge in [-0.1, -0.05) is 36.4 Å². The van der Waals surface area contributed by atoms with E-state index in [0.717, 1.165) is 22.4 Å². The molecule has 1 aliphatic rings. The van der Waals surface area contributed by atoms with Crippen LogP contribution in [-0.2, 0) is 11.4 Å². The summed E-state index contributed by atoms with van der Waals surface area (Å²) in [6.07, 6.45) is 0.643. The number of nitriles is 1. The van der Waals surface area contributed by atoms with Gasteiger partial charge in [0.1, 0.15) is 24.7 Å². The van der Waals surface area contributed by atoms with Crippen LogP contribution in [0.3, 0.4) is 0 Å². The Labute approximate surface area is 214 Å². The van der Waals surface area contributed by atoms with Crippen LogP contribution in [0.2, 0.25) is 0 Å². The van der Waals surface area contributed by atoms with Crippen molar-refractivity contribution in [3.8, 4) is 17.6 Å². The molecule has 33 heavy (non-hydrogen) atoms. The molecule has 0 radical (unpaired) electrons. The van der Waals surface area contributed by atoms with Gasteiger partial charge in [-0.05, 0) is 65.4 Å². The summed E-state index contributed by atoms with van der Waals surface area (Å²) in [6.45, 7) is 0.527. The molecule has 2 unspecified atom stereocenters. The average molecular weight is 448 g/mol. The number of ether oxygens (including phenoxy) is 2. The van der Waals surface area contributed by atoms with Crippen molar-refractivity contribution in [2.75, 3.05) is 6.61 Å². The van der Waals surface area contributed by atoms with Gasteiger partial charge in [0.2, 0.25) is 0 Å². The Morgan fingerprint density at radius 2 is 1.58 bits per heavy atom. The maximum atomic E-state index is 10.9. The number of aliphatic carboxylic acids is 1. The van der Waals surface area contributed by atoms with Crippen LogP contribution >= 0.6 is 0 Å². The Morgan fingerprint density at radius 1 is 0.970 bits per heavy atom. The van der Waals surface area contributed by atoms with Crippen molar-refractivity contribution in [2.45, 2.75) is 18.9 Å². The normalized spacial score (nSPS) is 16.1. The van der Waals surface area contributed by atoms with Gasteiger partial charge in [-0.15, -0.1) is 0 Å². The van der Waals surface area contributed by atoms with E-state index in [0.29, 0.717) is 30.1 Å². The quantitative estimate of drug-likeness (QED) is 0.378. The smallest absolute Gasteiger partial charge is 0.550 e. The fourth-order valence-corrected chi connectivity index (χ4v) is 3.47. The molecule has 7 heteroatoms. The Hall–Kier alpha value is -3.11. The molecule has 1 fully saturated rings. The van der Waals surface area contributed by atoms with E-state index in [1.165, 1.54) is 0 Å². The van der Waals surface area contributed by atoms with Gasteiger partial charge < -0.3 is 24.8 Å². The van der Waals surface area contributed by atoms with Gasteiger partial charge in [0.05, 0.1) is 17.3 Å². The summed E-state index contributed by atoms with van der Waals surface area (Å²) >= 11 is 0. The van der Waals surface area contributed by atoms with E-state index in [1.807, 2.05) is 48.5 Å². The first kappa shape index (κ1) is 24.5. The van der Waals surface area contributed by atoms with Gasteiger partial charge >= 0.3 is 29.6 Å². The van der Waals surface area contributed by atoms with Crippen LogP contribution in [0.25, 0.3) is 0 Å². The Balaban J connectivity index is 0.00000306. The van der Waals surface area contributed by atoms with Crippen molar-refractivity contribution < 1.29 is 48.9 Å². The number of carboxylic acid groups (broad SMARTS) is 1. The molecule has 3 aromatic carbocycles. The summed E-state index contributed by atoms with van der Waals surface area (Å²) in [6, 6.07) is 23.9. The monoisotopic (exact) mass is 448 g/mol. The minimum absolute atomic E-state index is 0. The topological polar surface area (TPSA) is 106 Å². The third-order valence-corrected chi connectivity index (χ3v) is 5.48.